The van der Waals surface area contributed by atoms with Gasteiger partial charge in [-0.15, -0.1) is 0 Å². The van der Waals surface area contributed by atoms with E-state index in [0.717, 1.165) is 6.42 Å². The summed E-state index contributed by atoms with van der Waals surface area (Å²) in [7, 11) is -3.99. The van der Waals surface area contributed by atoms with Crippen LogP contribution in [0.4, 0.5) is 0 Å². The molecule has 8 heteroatoms. The maximum atomic E-state index is 11.8. The number of hydrogen-bond acceptors (Lipinski definition) is 4. The molecule has 0 bridgehead atoms. The monoisotopic (exact) mass is 274 g/mol. The van der Waals surface area contributed by atoms with Gasteiger partial charge in [-0.1, -0.05) is 20.8 Å². The van der Waals surface area contributed by atoms with E-state index in [1.807, 2.05) is 6.92 Å². The maximum absolute atomic E-state index is 11.8. The summed E-state index contributed by atoms with van der Waals surface area (Å²) in [5.74, 6) is -0.664. The minimum atomic E-state index is -3.99. The Hall–Kier alpha value is -1.41. The lowest BCUT2D eigenvalue weighted by atomic mass is 10.1. The molecule has 1 aromatic rings. The van der Waals surface area contributed by atoms with Gasteiger partial charge >= 0.3 is 0 Å². The summed E-state index contributed by atoms with van der Waals surface area (Å²) in [5, 5.41) is 14.0. The van der Waals surface area contributed by atoms with Crippen LogP contribution in [0.5, 0.6) is 0 Å². The molecule has 0 aliphatic carbocycles. The predicted molar refractivity (Wildman–Crippen MR) is 66.7 cm³/mol. The molecule has 4 N–H and O–H groups in total. The molecule has 0 atom stereocenters. The number of hydrogen-bond donors (Lipinski definition) is 3. The highest BCUT2D eigenvalue weighted by Gasteiger charge is 2.28. The predicted octanol–water partition coefficient (Wildman–Crippen LogP) is 0.320. The highest BCUT2D eigenvalue weighted by atomic mass is 32.2. The molecule has 1 rings (SSSR count). The van der Waals surface area contributed by atoms with Gasteiger partial charge in [0.1, 0.15) is 4.90 Å². The second kappa shape index (κ2) is 5.49. The molecule has 102 valence electrons. The van der Waals surface area contributed by atoms with Crippen molar-refractivity contribution in [3.8, 4) is 0 Å². The number of primary sulfonamides is 1. The third-order valence-electron chi connectivity index (χ3n) is 2.36. The Labute approximate surface area is 106 Å². The van der Waals surface area contributed by atoms with Crippen molar-refractivity contribution >= 4 is 15.9 Å². The number of amides is 1. The highest BCUT2D eigenvalue weighted by Crippen LogP contribution is 2.23. The van der Waals surface area contributed by atoms with Crippen LogP contribution in [0.1, 0.15) is 49.3 Å². The fourth-order valence-electron chi connectivity index (χ4n) is 1.50. The van der Waals surface area contributed by atoms with Crippen LogP contribution in [-0.4, -0.2) is 31.1 Å². The van der Waals surface area contributed by atoms with Crippen molar-refractivity contribution in [2.24, 2.45) is 5.14 Å². The summed E-state index contributed by atoms with van der Waals surface area (Å²) in [6, 6.07) is 0. The van der Waals surface area contributed by atoms with Crippen molar-refractivity contribution < 1.29 is 13.2 Å². The zero-order valence-electron chi connectivity index (χ0n) is 10.6. The van der Waals surface area contributed by atoms with Crippen LogP contribution >= 0.6 is 0 Å². The number of carbonyl (C=O) groups is 1. The van der Waals surface area contributed by atoms with Crippen molar-refractivity contribution in [1.82, 2.24) is 15.5 Å². The molecule has 0 fully saturated rings. The van der Waals surface area contributed by atoms with E-state index in [9.17, 15) is 13.2 Å². The van der Waals surface area contributed by atoms with Gasteiger partial charge in [0, 0.05) is 6.54 Å². The van der Waals surface area contributed by atoms with Crippen LogP contribution in [0.25, 0.3) is 0 Å². The summed E-state index contributed by atoms with van der Waals surface area (Å²) in [4.78, 5) is 11.6. The number of nitrogens with two attached hydrogens (primary N) is 1. The van der Waals surface area contributed by atoms with E-state index in [-0.39, 0.29) is 16.5 Å². The minimum Gasteiger partial charge on any atom is -0.351 e. The lowest BCUT2D eigenvalue weighted by molar-refractivity contribution is 0.0945. The Morgan fingerprint density at radius 1 is 1.50 bits per heavy atom. The van der Waals surface area contributed by atoms with E-state index >= 15 is 0 Å². The average molecular weight is 274 g/mol. The summed E-state index contributed by atoms with van der Waals surface area (Å²) < 4.78 is 23.1. The first-order valence-electron chi connectivity index (χ1n) is 5.68. The van der Waals surface area contributed by atoms with E-state index in [4.69, 9.17) is 5.14 Å². The molecular weight excluding hydrogens is 256 g/mol. The number of carbonyl (C=O) groups excluding carboxylic acids is 1. The number of rotatable bonds is 5. The van der Waals surface area contributed by atoms with Crippen molar-refractivity contribution in [1.29, 1.82) is 0 Å². The average Bonchev–Trinajstić information content (AvgIpc) is 2.69. The fourth-order valence-corrected chi connectivity index (χ4v) is 2.50. The fraction of sp³-hybridized carbons (Fsp3) is 0.600. The van der Waals surface area contributed by atoms with Gasteiger partial charge in [-0.25, -0.2) is 13.6 Å². The quantitative estimate of drug-likeness (QED) is 0.716. The molecular formula is C10H18N4O3S. The van der Waals surface area contributed by atoms with Crippen LogP contribution in [0, 0.1) is 0 Å². The van der Waals surface area contributed by atoms with Crippen molar-refractivity contribution in [3.63, 3.8) is 0 Å². The Morgan fingerprint density at radius 2 is 2.11 bits per heavy atom. The maximum Gasteiger partial charge on any atom is 0.273 e. The van der Waals surface area contributed by atoms with Gasteiger partial charge in [0.2, 0.25) is 10.0 Å². The molecule has 0 aromatic carbocycles. The molecule has 0 aliphatic rings. The Kier molecular flexibility index (Phi) is 4.47. The van der Waals surface area contributed by atoms with Crippen molar-refractivity contribution in [2.75, 3.05) is 6.54 Å². The number of sulfonamides is 1. The van der Waals surface area contributed by atoms with E-state index in [1.54, 1.807) is 13.8 Å². The second-order valence-corrected chi connectivity index (χ2v) is 5.77. The molecule has 0 saturated heterocycles. The largest absolute Gasteiger partial charge is 0.351 e. The zero-order valence-corrected chi connectivity index (χ0v) is 11.5. The Balaban J connectivity index is 3.26. The molecule has 0 saturated carbocycles. The van der Waals surface area contributed by atoms with Gasteiger partial charge in [0.15, 0.2) is 5.69 Å². The Morgan fingerprint density at radius 3 is 2.56 bits per heavy atom. The summed E-state index contributed by atoms with van der Waals surface area (Å²) in [6.45, 7) is 5.92. The smallest absolute Gasteiger partial charge is 0.273 e. The number of aromatic amines is 1. The first-order chi connectivity index (χ1) is 8.29. The van der Waals surface area contributed by atoms with Crippen LogP contribution in [0.15, 0.2) is 4.90 Å². The summed E-state index contributed by atoms with van der Waals surface area (Å²) in [5.41, 5.74) is 0.175. The first kappa shape index (κ1) is 14.7. The third-order valence-corrected chi connectivity index (χ3v) is 3.34. The van der Waals surface area contributed by atoms with Gasteiger partial charge in [-0.05, 0) is 12.3 Å². The van der Waals surface area contributed by atoms with Crippen LogP contribution in [-0.2, 0) is 10.0 Å². The van der Waals surface area contributed by atoms with Gasteiger partial charge in [0.25, 0.3) is 5.91 Å². The molecule has 7 nitrogen and oxygen atoms in total. The lowest BCUT2D eigenvalue weighted by Gasteiger charge is -2.06. The normalized spacial score (nSPS) is 11.8. The topological polar surface area (TPSA) is 118 Å². The van der Waals surface area contributed by atoms with Crippen LogP contribution in [0.2, 0.25) is 0 Å². The van der Waals surface area contributed by atoms with Crippen LogP contribution < -0.4 is 10.5 Å². The lowest BCUT2D eigenvalue weighted by Crippen LogP contribution is -2.27. The van der Waals surface area contributed by atoms with Crippen molar-refractivity contribution in [2.45, 2.75) is 38.0 Å². The number of nitrogens with zero attached hydrogens (tertiary/aromatic N) is 1. The molecule has 1 amide bonds. The molecule has 18 heavy (non-hydrogen) atoms. The molecule has 0 spiro atoms. The first-order valence-corrected chi connectivity index (χ1v) is 7.22. The third kappa shape index (κ3) is 3.08. The van der Waals surface area contributed by atoms with Gasteiger partial charge in [-0.3, -0.25) is 9.89 Å². The highest BCUT2D eigenvalue weighted by molar-refractivity contribution is 7.89. The van der Waals surface area contributed by atoms with E-state index < -0.39 is 15.9 Å². The van der Waals surface area contributed by atoms with E-state index in [0.29, 0.717) is 12.2 Å². The van der Waals surface area contributed by atoms with Crippen molar-refractivity contribution in [3.05, 3.63) is 11.4 Å². The molecule has 0 unspecified atom stereocenters. The van der Waals surface area contributed by atoms with Gasteiger partial charge < -0.3 is 5.32 Å². The van der Waals surface area contributed by atoms with Crippen LogP contribution in [0.3, 0.4) is 0 Å². The molecule has 1 aromatic heterocycles. The molecule has 1 heterocycles. The number of H-pyrrole nitrogens is 1. The van der Waals surface area contributed by atoms with Gasteiger partial charge in [0.05, 0.1) is 5.69 Å². The zero-order chi connectivity index (χ0) is 13.9. The summed E-state index contributed by atoms with van der Waals surface area (Å²) >= 11 is 0. The number of nitrogens with one attached hydrogen (secondary N) is 2. The Bertz CT molecular complexity index is 533. The second-order valence-electron chi connectivity index (χ2n) is 4.27. The molecule has 0 aliphatic heterocycles. The minimum absolute atomic E-state index is 0.126. The number of aromatic nitrogens is 2. The van der Waals surface area contributed by atoms with E-state index in [1.165, 1.54) is 0 Å². The standard InChI is InChI=1S/C10H18N4O3S/c1-4-5-12-10(15)8-9(18(11,16)17)7(6(2)3)13-14-8/h6H,4-5H2,1-3H3,(H,12,15)(H,13,14)(H2,11,16,17). The van der Waals surface area contributed by atoms with Gasteiger partial charge in [-0.2, -0.15) is 5.10 Å². The van der Waals surface area contributed by atoms with E-state index in [2.05, 4.69) is 15.5 Å². The SMILES string of the molecule is CCCNC(=O)c1n[nH]c(C(C)C)c1S(N)(=O)=O. The summed E-state index contributed by atoms with van der Waals surface area (Å²) in [6.07, 6.45) is 0.748. The molecule has 0 radical (unpaired) electrons.